The van der Waals surface area contributed by atoms with Crippen molar-refractivity contribution in [1.82, 2.24) is 19.4 Å². The van der Waals surface area contributed by atoms with Crippen LogP contribution in [-0.4, -0.2) is 87.2 Å². The van der Waals surface area contributed by atoms with Crippen molar-refractivity contribution in [3.63, 3.8) is 0 Å². The Hall–Kier alpha value is -0.860. The molecule has 0 atom stereocenters. The molecule has 0 unspecified atom stereocenters. The van der Waals surface area contributed by atoms with Crippen molar-refractivity contribution in [1.29, 1.82) is 0 Å². The van der Waals surface area contributed by atoms with Crippen LogP contribution in [0.25, 0.3) is 0 Å². The summed E-state index contributed by atoms with van der Waals surface area (Å²) in [5.41, 5.74) is 0. The molecule has 0 aromatic heterocycles. The Labute approximate surface area is 140 Å². The van der Waals surface area contributed by atoms with E-state index < -0.39 is 10.0 Å². The number of piperazine rings is 1. The highest BCUT2D eigenvalue weighted by Crippen LogP contribution is 2.15. The first-order valence-electron chi connectivity index (χ1n) is 8.56. The summed E-state index contributed by atoms with van der Waals surface area (Å²) in [4.78, 5) is 16.2. The molecule has 0 spiro atoms. The van der Waals surface area contributed by atoms with Gasteiger partial charge in [-0.1, -0.05) is 6.92 Å². The van der Waals surface area contributed by atoms with Gasteiger partial charge < -0.3 is 15.1 Å². The molecule has 2 amide bonds. The number of hydrogen-bond acceptors (Lipinski definition) is 4. The van der Waals surface area contributed by atoms with E-state index in [0.717, 1.165) is 18.9 Å². The number of sulfonamides is 1. The minimum absolute atomic E-state index is 0.0783. The third kappa shape index (κ3) is 5.93. The average Bonchev–Trinajstić information content (AvgIpc) is 2.52. The lowest BCUT2D eigenvalue weighted by Crippen LogP contribution is -2.53. The summed E-state index contributed by atoms with van der Waals surface area (Å²) in [6, 6.07) is -0.0783. The number of rotatable bonds is 5. The monoisotopic (exact) mass is 346 g/mol. The topological polar surface area (TPSA) is 73.0 Å². The smallest absolute Gasteiger partial charge is 0.317 e. The fraction of sp³-hybridized carbons (Fsp3) is 0.933. The summed E-state index contributed by atoms with van der Waals surface area (Å²) in [6.07, 6.45) is 4.72. The molecule has 2 aliphatic heterocycles. The number of likely N-dealkylation sites (tertiary alicyclic amines) is 1. The molecule has 0 bridgehead atoms. The van der Waals surface area contributed by atoms with E-state index in [2.05, 4.69) is 17.1 Å². The van der Waals surface area contributed by atoms with Gasteiger partial charge in [0, 0.05) is 32.7 Å². The number of piperidine rings is 1. The Kier molecular flexibility index (Phi) is 6.67. The second-order valence-corrected chi connectivity index (χ2v) is 8.74. The largest absolute Gasteiger partial charge is 0.338 e. The van der Waals surface area contributed by atoms with Crippen LogP contribution in [0.3, 0.4) is 0 Å². The summed E-state index contributed by atoms with van der Waals surface area (Å²) < 4.78 is 24.3. The minimum atomic E-state index is -3.14. The zero-order valence-electron chi connectivity index (χ0n) is 14.3. The Morgan fingerprint density at radius 2 is 1.70 bits per heavy atom. The molecule has 2 rings (SSSR count). The van der Waals surface area contributed by atoms with Gasteiger partial charge in [-0.2, -0.15) is 4.31 Å². The number of hydrogen-bond donors (Lipinski definition) is 1. The van der Waals surface area contributed by atoms with Gasteiger partial charge in [0.1, 0.15) is 0 Å². The van der Waals surface area contributed by atoms with Gasteiger partial charge in [-0.3, -0.25) is 0 Å². The van der Waals surface area contributed by atoms with Gasteiger partial charge in [-0.15, -0.1) is 0 Å². The Balaban J connectivity index is 1.59. The second kappa shape index (κ2) is 8.30. The van der Waals surface area contributed by atoms with Crippen molar-refractivity contribution in [3.05, 3.63) is 0 Å². The number of amides is 2. The SMILES string of the molecule is CC1CCN(CCCNC(=O)N2CCN(S(C)(=O)=O)CC2)CC1. The molecule has 0 aromatic carbocycles. The van der Waals surface area contributed by atoms with Gasteiger partial charge in [0.05, 0.1) is 6.26 Å². The molecule has 23 heavy (non-hydrogen) atoms. The number of nitrogens with one attached hydrogen (secondary N) is 1. The molecule has 0 aliphatic carbocycles. The second-order valence-electron chi connectivity index (χ2n) is 6.76. The fourth-order valence-electron chi connectivity index (χ4n) is 3.12. The van der Waals surface area contributed by atoms with E-state index in [9.17, 15) is 13.2 Å². The Morgan fingerprint density at radius 3 is 2.26 bits per heavy atom. The maximum absolute atomic E-state index is 12.1. The van der Waals surface area contributed by atoms with Crippen LogP contribution in [0.1, 0.15) is 26.2 Å². The van der Waals surface area contributed by atoms with Crippen molar-refractivity contribution in [3.8, 4) is 0 Å². The minimum Gasteiger partial charge on any atom is -0.338 e. The van der Waals surface area contributed by atoms with Gasteiger partial charge in [0.15, 0.2) is 0 Å². The van der Waals surface area contributed by atoms with Crippen LogP contribution in [0.15, 0.2) is 0 Å². The summed E-state index contributed by atoms with van der Waals surface area (Å²) in [5.74, 6) is 0.844. The number of urea groups is 1. The maximum Gasteiger partial charge on any atom is 0.317 e. The maximum atomic E-state index is 12.1. The van der Waals surface area contributed by atoms with Crippen LogP contribution in [0, 0.1) is 5.92 Å². The highest BCUT2D eigenvalue weighted by Gasteiger charge is 2.25. The van der Waals surface area contributed by atoms with E-state index in [4.69, 9.17) is 0 Å². The normalized spacial score (nSPS) is 22.3. The lowest BCUT2D eigenvalue weighted by molar-refractivity contribution is 0.169. The first-order valence-corrected chi connectivity index (χ1v) is 10.4. The fourth-order valence-corrected chi connectivity index (χ4v) is 3.94. The van der Waals surface area contributed by atoms with Gasteiger partial charge in [-0.25, -0.2) is 13.2 Å². The molecular weight excluding hydrogens is 316 g/mol. The third-order valence-electron chi connectivity index (χ3n) is 4.80. The molecule has 0 aromatic rings. The summed E-state index contributed by atoms with van der Waals surface area (Å²) in [5, 5.41) is 2.95. The van der Waals surface area contributed by atoms with Crippen LogP contribution >= 0.6 is 0 Å². The van der Waals surface area contributed by atoms with Crippen LogP contribution in [-0.2, 0) is 10.0 Å². The lowest BCUT2D eigenvalue weighted by atomic mass is 9.99. The molecular formula is C15H30N4O3S. The quantitative estimate of drug-likeness (QED) is 0.731. The number of carbonyl (C=O) groups excluding carboxylic acids is 1. The van der Waals surface area contributed by atoms with Crippen LogP contribution in [0.4, 0.5) is 4.79 Å². The van der Waals surface area contributed by atoms with Crippen LogP contribution in [0.2, 0.25) is 0 Å². The molecule has 7 nitrogen and oxygen atoms in total. The highest BCUT2D eigenvalue weighted by atomic mass is 32.2. The predicted molar refractivity (Wildman–Crippen MR) is 90.8 cm³/mol. The van der Waals surface area contributed by atoms with Gasteiger partial charge in [0.25, 0.3) is 0 Å². The molecule has 8 heteroatoms. The molecule has 2 saturated heterocycles. The van der Waals surface area contributed by atoms with Crippen molar-refractivity contribution in [2.45, 2.75) is 26.2 Å². The third-order valence-corrected chi connectivity index (χ3v) is 6.10. The molecule has 0 saturated carbocycles. The van der Waals surface area contributed by atoms with Crippen LogP contribution < -0.4 is 5.32 Å². The van der Waals surface area contributed by atoms with E-state index in [1.165, 1.54) is 36.5 Å². The lowest BCUT2D eigenvalue weighted by Gasteiger charge is -2.33. The average molecular weight is 346 g/mol. The molecule has 0 radical (unpaired) electrons. The zero-order chi connectivity index (χ0) is 16.9. The first-order chi connectivity index (χ1) is 10.9. The van der Waals surface area contributed by atoms with Crippen molar-refractivity contribution in [2.24, 2.45) is 5.92 Å². The van der Waals surface area contributed by atoms with Crippen molar-refractivity contribution in [2.75, 3.05) is 58.6 Å². The van der Waals surface area contributed by atoms with E-state index in [1.807, 2.05) is 0 Å². The predicted octanol–water partition coefficient (Wildman–Crippen LogP) is 0.395. The zero-order valence-corrected chi connectivity index (χ0v) is 15.1. The van der Waals surface area contributed by atoms with Gasteiger partial charge in [0.2, 0.25) is 10.0 Å². The van der Waals surface area contributed by atoms with Gasteiger partial charge >= 0.3 is 6.03 Å². The number of carbonyl (C=O) groups is 1. The Morgan fingerprint density at radius 1 is 1.09 bits per heavy atom. The molecule has 2 aliphatic rings. The van der Waals surface area contributed by atoms with Crippen molar-refractivity contribution >= 4 is 16.1 Å². The van der Waals surface area contributed by atoms with E-state index in [-0.39, 0.29) is 6.03 Å². The molecule has 1 N–H and O–H groups in total. The number of nitrogens with zero attached hydrogens (tertiary/aromatic N) is 3. The van der Waals surface area contributed by atoms with E-state index >= 15 is 0 Å². The van der Waals surface area contributed by atoms with E-state index in [0.29, 0.717) is 32.7 Å². The Bertz CT molecular complexity index is 481. The standard InChI is InChI=1S/C15H30N4O3S/c1-14-4-8-17(9-5-14)7-3-6-16-15(20)18-10-12-19(13-11-18)23(2,21)22/h14H,3-13H2,1-2H3,(H,16,20). The molecule has 2 heterocycles. The summed E-state index contributed by atoms with van der Waals surface area (Å²) in [6.45, 7) is 8.06. The van der Waals surface area contributed by atoms with E-state index in [1.54, 1.807) is 4.90 Å². The summed E-state index contributed by atoms with van der Waals surface area (Å²) >= 11 is 0. The highest BCUT2D eigenvalue weighted by molar-refractivity contribution is 7.88. The van der Waals surface area contributed by atoms with Crippen LogP contribution in [0.5, 0.6) is 0 Å². The molecule has 2 fully saturated rings. The van der Waals surface area contributed by atoms with Crippen molar-refractivity contribution < 1.29 is 13.2 Å². The first kappa shape index (κ1) is 18.5. The van der Waals surface area contributed by atoms with Gasteiger partial charge in [-0.05, 0) is 44.8 Å². The molecule has 134 valence electrons. The summed E-state index contributed by atoms with van der Waals surface area (Å²) in [7, 11) is -3.14.